The van der Waals surface area contributed by atoms with Crippen molar-refractivity contribution in [3.8, 4) is 0 Å². The average Bonchev–Trinajstić information content (AvgIpc) is 3.22. The van der Waals surface area contributed by atoms with E-state index < -0.39 is 18.0 Å². The lowest BCUT2D eigenvalue weighted by Crippen LogP contribution is -2.43. The van der Waals surface area contributed by atoms with Crippen molar-refractivity contribution in [2.24, 2.45) is 5.92 Å². The van der Waals surface area contributed by atoms with Crippen LogP contribution in [-0.2, 0) is 32.8 Å². The number of nitrogens with zero attached hydrogens (tertiary/aromatic N) is 3. The van der Waals surface area contributed by atoms with Gasteiger partial charge in [-0.15, -0.1) is 5.10 Å². The van der Waals surface area contributed by atoms with E-state index in [1.165, 1.54) is 32.1 Å². The molecule has 1 aromatic rings. The Labute approximate surface area is 134 Å². The van der Waals surface area contributed by atoms with Crippen molar-refractivity contribution in [3.63, 3.8) is 0 Å². The Hall–Kier alpha value is -1.02. The Kier molecular flexibility index (Phi) is 3.11. The van der Waals surface area contributed by atoms with E-state index >= 15 is 0 Å². The van der Waals surface area contributed by atoms with Crippen molar-refractivity contribution in [3.05, 3.63) is 11.4 Å². The third kappa shape index (κ3) is 1.97. The van der Waals surface area contributed by atoms with Crippen LogP contribution in [0, 0.1) is 5.92 Å². The van der Waals surface area contributed by atoms with Gasteiger partial charge in [0.1, 0.15) is 12.2 Å². The van der Waals surface area contributed by atoms with Gasteiger partial charge in [0.2, 0.25) is 0 Å². The molecule has 0 spiro atoms. The van der Waals surface area contributed by atoms with Gasteiger partial charge in [-0.2, -0.15) is 0 Å². The van der Waals surface area contributed by atoms with Crippen LogP contribution in [0.3, 0.4) is 0 Å². The molecule has 3 fully saturated rings. The lowest BCUT2D eigenvalue weighted by atomic mass is 9.83. The first-order chi connectivity index (χ1) is 11.2. The Morgan fingerprint density at radius 2 is 2.04 bits per heavy atom. The molecule has 5 rings (SSSR count). The topological polar surface area (TPSA) is 78.6 Å². The maximum Gasteiger partial charge on any atom is 0.190 e. The number of hydrogen-bond donors (Lipinski definition) is 1. The van der Waals surface area contributed by atoms with Crippen molar-refractivity contribution in [1.82, 2.24) is 15.0 Å². The van der Waals surface area contributed by atoms with Crippen LogP contribution in [-0.4, -0.2) is 44.9 Å². The largest absolute Gasteiger partial charge is 0.378 e. The first kappa shape index (κ1) is 14.3. The van der Waals surface area contributed by atoms with Crippen LogP contribution in [0.25, 0.3) is 0 Å². The molecule has 4 heterocycles. The van der Waals surface area contributed by atoms with Gasteiger partial charge in [-0.3, -0.25) is 0 Å². The van der Waals surface area contributed by atoms with Crippen LogP contribution < -0.4 is 0 Å². The summed E-state index contributed by atoms with van der Waals surface area (Å²) in [6.07, 6.45) is 5.59. The molecule has 0 aromatic carbocycles. The first-order valence-electron chi connectivity index (χ1n) is 8.78. The first-order valence-corrected chi connectivity index (χ1v) is 8.78. The van der Waals surface area contributed by atoms with Gasteiger partial charge in [0.15, 0.2) is 18.2 Å². The molecular formula is C16H23N3O4. The highest BCUT2D eigenvalue weighted by Gasteiger charge is 2.66. The van der Waals surface area contributed by atoms with Crippen molar-refractivity contribution in [2.45, 2.75) is 82.4 Å². The van der Waals surface area contributed by atoms with Crippen molar-refractivity contribution < 1.29 is 19.3 Å². The molecule has 7 heteroatoms. The summed E-state index contributed by atoms with van der Waals surface area (Å²) < 4.78 is 19.1. The molecule has 0 bridgehead atoms. The van der Waals surface area contributed by atoms with Gasteiger partial charge >= 0.3 is 0 Å². The van der Waals surface area contributed by atoms with Gasteiger partial charge in [-0.05, 0) is 19.3 Å². The minimum Gasteiger partial charge on any atom is -0.378 e. The summed E-state index contributed by atoms with van der Waals surface area (Å²) in [6, 6.07) is 0. The quantitative estimate of drug-likeness (QED) is 0.878. The van der Waals surface area contributed by atoms with E-state index in [-0.39, 0.29) is 12.4 Å². The summed E-state index contributed by atoms with van der Waals surface area (Å²) >= 11 is 0. The zero-order chi connectivity index (χ0) is 15.6. The number of aromatic nitrogens is 3. The third-order valence-corrected chi connectivity index (χ3v) is 5.86. The molecule has 0 unspecified atom stereocenters. The van der Waals surface area contributed by atoms with E-state index in [0.717, 1.165) is 17.8 Å². The van der Waals surface area contributed by atoms with Crippen molar-refractivity contribution >= 4 is 0 Å². The highest BCUT2D eigenvalue weighted by Crippen LogP contribution is 2.50. The summed E-state index contributed by atoms with van der Waals surface area (Å²) in [5.41, 5.74) is 0.510. The smallest absolute Gasteiger partial charge is 0.190 e. The van der Waals surface area contributed by atoms with Crippen LogP contribution in [0.4, 0.5) is 0 Å². The fraction of sp³-hybridized carbons (Fsp3) is 0.875. The van der Waals surface area contributed by atoms with Crippen molar-refractivity contribution in [2.75, 3.05) is 0 Å². The number of ether oxygens (including phenoxy) is 3. The monoisotopic (exact) mass is 321 g/mol. The molecule has 1 aromatic heterocycles. The Bertz CT molecular complexity index is 614. The Morgan fingerprint density at radius 1 is 1.22 bits per heavy atom. The van der Waals surface area contributed by atoms with Crippen LogP contribution in [0.15, 0.2) is 0 Å². The second-order valence-corrected chi connectivity index (χ2v) is 7.35. The van der Waals surface area contributed by atoms with Gasteiger partial charge in [0.05, 0.1) is 17.9 Å². The van der Waals surface area contributed by atoms with Gasteiger partial charge in [-0.1, -0.05) is 37.3 Å². The Morgan fingerprint density at radius 3 is 2.87 bits per heavy atom. The predicted molar refractivity (Wildman–Crippen MR) is 78.3 cm³/mol. The fourth-order valence-electron chi connectivity index (χ4n) is 4.77. The molecule has 7 nitrogen and oxygen atoms in total. The summed E-state index contributed by atoms with van der Waals surface area (Å²) in [7, 11) is 0. The minimum atomic E-state index is -1.19. The highest BCUT2D eigenvalue weighted by atomic mass is 16.8. The van der Waals surface area contributed by atoms with Gasteiger partial charge in [-0.25, -0.2) is 4.68 Å². The second kappa shape index (κ2) is 4.99. The zero-order valence-electron chi connectivity index (χ0n) is 13.4. The molecule has 1 N–H and O–H groups in total. The lowest BCUT2D eigenvalue weighted by Gasteiger charge is -2.27. The molecule has 2 saturated heterocycles. The SMILES string of the molecule is C[C@@H]1O[C@H]2O[C@@H]3Cn4nnc(CC5CCCCC5)c4[C@]3(O)[C@H]2O1. The van der Waals surface area contributed by atoms with E-state index in [1.807, 2.05) is 6.92 Å². The molecule has 0 radical (unpaired) electrons. The molecule has 1 aliphatic carbocycles. The third-order valence-electron chi connectivity index (χ3n) is 5.86. The number of rotatable bonds is 2. The summed E-state index contributed by atoms with van der Waals surface area (Å²) in [5.74, 6) is 0.644. The van der Waals surface area contributed by atoms with E-state index in [4.69, 9.17) is 14.2 Å². The van der Waals surface area contributed by atoms with Crippen LogP contribution in [0.2, 0.25) is 0 Å². The fourth-order valence-corrected chi connectivity index (χ4v) is 4.77. The molecule has 4 aliphatic rings. The average molecular weight is 321 g/mol. The molecule has 3 aliphatic heterocycles. The normalized spacial score (nSPS) is 42.7. The summed E-state index contributed by atoms with van der Waals surface area (Å²) in [6.45, 7) is 2.34. The molecular weight excluding hydrogens is 298 g/mol. The molecule has 5 atom stereocenters. The summed E-state index contributed by atoms with van der Waals surface area (Å²) in [5, 5.41) is 20.1. The van der Waals surface area contributed by atoms with E-state index in [2.05, 4.69) is 10.3 Å². The van der Waals surface area contributed by atoms with Gasteiger partial charge in [0, 0.05) is 0 Å². The summed E-state index contributed by atoms with van der Waals surface area (Å²) in [4.78, 5) is 0. The predicted octanol–water partition coefficient (Wildman–Crippen LogP) is 1.09. The highest BCUT2D eigenvalue weighted by molar-refractivity contribution is 5.30. The standard InChI is InChI=1S/C16H23N3O4/c1-9-21-14-15(22-9)23-12-8-19-13(16(12,14)20)11(17-18-19)7-10-5-3-2-4-6-10/h9-10,12,14-15,20H,2-8H2,1H3/t9-,12+,14-,15-,16-/m0/s1. The minimum absolute atomic E-state index is 0.360. The molecule has 0 amide bonds. The molecule has 126 valence electrons. The van der Waals surface area contributed by atoms with E-state index in [9.17, 15) is 5.11 Å². The zero-order valence-corrected chi connectivity index (χ0v) is 13.4. The number of aliphatic hydroxyl groups is 1. The molecule has 23 heavy (non-hydrogen) atoms. The number of fused-ring (bicyclic) bond motifs is 5. The van der Waals surface area contributed by atoms with Crippen LogP contribution in [0.5, 0.6) is 0 Å². The Balaban J connectivity index is 1.47. The van der Waals surface area contributed by atoms with Crippen LogP contribution in [0.1, 0.15) is 50.4 Å². The van der Waals surface area contributed by atoms with Gasteiger partial charge < -0.3 is 19.3 Å². The van der Waals surface area contributed by atoms with Gasteiger partial charge in [0.25, 0.3) is 0 Å². The number of hydrogen-bond acceptors (Lipinski definition) is 6. The van der Waals surface area contributed by atoms with E-state index in [1.54, 1.807) is 4.68 Å². The maximum atomic E-state index is 11.4. The lowest BCUT2D eigenvalue weighted by molar-refractivity contribution is -0.179. The van der Waals surface area contributed by atoms with E-state index in [0.29, 0.717) is 12.5 Å². The van der Waals surface area contributed by atoms with Crippen molar-refractivity contribution in [1.29, 1.82) is 0 Å². The molecule has 1 saturated carbocycles. The van der Waals surface area contributed by atoms with Crippen LogP contribution >= 0.6 is 0 Å². The maximum absolute atomic E-state index is 11.4. The second-order valence-electron chi connectivity index (χ2n) is 7.35.